The van der Waals surface area contributed by atoms with Gasteiger partial charge >= 0.3 is 6.16 Å². The number of rotatable bonds is 4. The van der Waals surface area contributed by atoms with Gasteiger partial charge in [-0.1, -0.05) is 60.3 Å². The van der Waals surface area contributed by atoms with Crippen molar-refractivity contribution in [1.29, 1.82) is 0 Å². The van der Waals surface area contributed by atoms with Crippen LogP contribution in [-0.2, 0) is 14.2 Å². The zero-order valence-corrected chi connectivity index (χ0v) is 22.8. The molecule has 3 aliphatic heterocycles. The van der Waals surface area contributed by atoms with Crippen LogP contribution in [0.1, 0.15) is 27.7 Å². The Labute approximate surface area is 238 Å². The Morgan fingerprint density at radius 1 is 1.00 bits per heavy atom. The summed E-state index contributed by atoms with van der Waals surface area (Å²) in [5.41, 5.74) is 1.67. The normalized spacial score (nSPS) is 19.1. The Bertz CT molecular complexity index is 1750. The van der Waals surface area contributed by atoms with Crippen LogP contribution in [0.5, 0.6) is 5.75 Å². The number of methoxy groups -OCH3 is 1. The predicted molar refractivity (Wildman–Crippen MR) is 150 cm³/mol. The molecular formula is C30H25N3O7S. The first-order chi connectivity index (χ1) is 20.1. The Morgan fingerprint density at radius 2 is 1.78 bits per heavy atom. The topological polar surface area (TPSA) is 99.5 Å². The summed E-state index contributed by atoms with van der Waals surface area (Å²) in [6, 6.07) is 21.8. The second-order valence-electron chi connectivity index (χ2n) is 9.74. The second kappa shape index (κ2) is 10.2. The first-order valence-corrected chi connectivity index (χ1v) is 13.9. The molecule has 0 radical (unpaired) electrons. The number of amides is 1. The quantitative estimate of drug-likeness (QED) is 0.265. The third-order valence-electron chi connectivity index (χ3n) is 7.59. The lowest BCUT2D eigenvalue weighted by Gasteiger charge is -2.51. The van der Waals surface area contributed by atoms with Crippen LogP contribution in [0.2, 0.25) is 0 Å². The van der Waals surface area contributed by atoms with Gasteiger partial charge in [0, 0.05) is 34.0 Å². The molecule has 208 valence electrons. The second-order valence-corrected chi connectivity index (χ2v) is 10.8. The van der Waals surface area contributed by atoms with Gasteiger partial charge in [-0.2, -0.15) is 0 Å². The number of fused-ring (bicyclic) bond motifs is 3. The third-order valence-corrected chi connectivity index (χ3v) is 8.75. The monoisotopic (exact) mass is 571 g/mol. The van der Waals surface area contributed by atoms with Crippen molar-refractivity contribution in [2.75, 3.05) is 38.7 Å². The van der Waals surface area contributed by atoms with E-state index in [-0.39, 0.29) is 30.0 Å². The number of ether oxygens (including phenoxy) is 4. The number of carbonyl (C=O) groups excluding carboxylic acids is 2. The van der Waals surface area contributed by atoms with Crippen molar-refractivity contribution < 1.29 is 28.5 Å². The molecule has 0 N–H and O–H groups in total. The van der Waals surface area contributed by atoms with E-state index in [2.05, 4.69) is 52.2 Å². The fourth-order valence-electron chi connectivity index (χ4n) is 5.87. The molecule has 7 rings (SSSR count). The van der Waals surface area contributed by atoms with Gasteiger partial charge in [-0.15, -0.1) is 0 Å². The lowest BCUT2D eigenvalue weighted by molar-refractivity contribution is -0.0208. The van der Waals surface area contributed by atoms with Crippen molar-refractivity contribution in [2.45, 2.75) is 22.0 Å². The summed E-state index contributed by atoms with van der Waals surface area (Å²) < 4.78 is 22.6. The largest absolute Gasteiger partial charge is 0.510 e. The fraction of sp³-hybridized carbons (Fsp3) is 0.233. The summed E-state index contributed by atoms with van der Waals surface area (Å²) in [7, 11) is 1.17. The van der Waals surface area contributed by atoms with Crippen molar-refractivity contribution >= 4 is 34.6 Å². The summed E-state index contributed by atoms with van der Waals surface area (Å²) in [5.74, 6) is -0.568. The lowest BCUT2D eigenvalue weighted by Crippen LogP contribution is -2.66. The van der Waals surface area contributed by atoms with Gasteiger partial charge in [0.1, 0.15) is 6.17 Å². The summed E-state index contributed by atoms with van der Waals surface area (Å²) in [6.07, 6.45) is 0.173. The van der Waals surface area contributed by atoms with Gasteiger partial charge in [0.2, 0.25) is 18.0 Å². The Hall–Kier alpha value is -4.48. The smallest absolute Gasteiger partial charge is 0.451 e. The zero-order valence-electron chi connectivity index (χ0n) is 22.0. The Morgan fingerprint density at radius 3 is 2.63 bits per heavy atom. The highest BCUT2D eigenvalue weighted by molar-refractivity contribution is 7.99. The van der Waals surface area contributed by atoms with E-state index in [4.69, 9.17) is 14.2 Å². The highest BCUT2D eigenvalue weighted by Crippen LogP contribution is 2.48. The molecular weight excluding hydrogens is 546 g/mol. The van der Waals surface area contributed by atoms with E-state index < -0.39 is 24.5 Å². The summed E-state index contributed by atoms with van der Waals surface area (Å²) in [4.78, 5) is 42.5. The van der Waals surface area contributed by atoms with Gasteiger partial charge in [-0.3, -0.25) is 19.3 Å². The fourth-order valence-corrected chi connectivity index (χ4v) is 7.04. The van der Waals surface area contributed by atoms with E-state index in [1.807, 2.05) is 18.2 Å². The van der Waals surface area contributed by atoms with Crippen LogP contribution < -0.4 is 15.2 Å². The standard InChI is InChI=1S/C30H25N3O7S/c1-37-30(36)40-17-39-28-21(34)12-13-32-27(28)29(35)31-14-15-38-16-24(31)33(32)26-19-8-2-3-10-22(19)41-23-11-5-7-18-6-4-9-20(26)25(18)23/h2-13,24,26H,14-17H2,1H3/t24-,26-/m1/s1. The third kappa shape index (κ3) is 4.11. The van der Waals surface area contributed by atoms with E-state index >= 15 is 0 Å². The molecule has 11 heteroatoms. The molecule has 4 aromatic rings. The maximum Gasteiger partial charge on any atom is 0.510 e. The van der Waals surface area contributed by atoms with Gasteiger partial charge in [0.05, 0.1) is 26.4 Å². The lowest BCUT2D eigenvalue weighted by atomic mass is 9.92. The van der Waals surface area contributed by atoms with Crippen molar-refractivity contribution in [1.82, 2.24) is 9.58 Å². The number of hydrogen-bond donors (Lipinski definition) is 0. The molecule has 1 fully saturated rings. The average Bonchev–Trinajstić information content (AvgIpc) is 3.14. The number of aromatic nitrogens is 1. The van der Waals surface area contributed by atoms with Crippen LogP contribution in [-0.4, -0.2) is 61.5 Å². The SMILES string of the molecule is COC(=O)OCOc1c2n(ccc1=O)N([C@@H]1c3ccccc3Sc3cccc4cccc1c34)[C@@H]1COCCN1C2=O. The van der Waals surface area contributed by atoms with Gasteiger partial charge in [-0.25, -0.2) is 4.79 Å². The van der Waals surface area contributed by atoms with E-state index in [1.54, 1.807) is 27.5 Å². The van der Waals surface area contributed by atoms with Gasteiger partial charge in [0.25, 0.3) is 5.91 Å². The maximum atomic E-state index is 14.0. The number of nitrogens with zero attached hydrogens (tertiary/aromatic N) is 3. The molecule has 0 saturated carbocycles. The maximum absolute atomic E-state index is 14.0. The number of pyridine rings is 1. The van der Waals surface area contributed by atoms with Crippen molar-refractivity contribution in [3.63, 3.8) is 0 Å². The molecule has 0 bridgehead atoms. The summed E-state index contributed by atoms with van der Waals surface area (Å²) >= 11 is 1.71. The molecule has 10 nitrogen and oxygen atoms in total. The van der Waals surface area contributed by atoms with Crippen LogP contribution in [0.4, 0.5) is 4.79 Å². The van der Waals surface area contributed by atoms with Gasteiger partial charge in [-0.05, 0) is 28.6 Å². The molecule has 0 aliphatic carbocycles. The Kier molecular flexibility index (Phi) is 6.32. The summed E-state index contributed by atoms with van der Waals surface area (Å²) in [6.45, 7) is 0.395. The van der Waals surface area contributed by atoms with Crippen molar-refractivity contribution in [3.8, 4) is 5.75 Å². The summed E-state index contributed by atoms with van der Waals surface area (Å²) in [5, 5.41) is 4.34. The molecule has 0 spiro atoms. The minimum absolute atomic E-state index is 0.0546. The molecule has 41 heavy (non-hydrogen) atoms. The minimum atomic E-state index is -0.963. The van der Waals surface area contributed by atoms with Crippen LogP contribution >= 0.6 is 11.8 Å². The zero-order chi connectivity index (χ0) is 28.1. The molecule has 1 amide bonds. The van der Waals surface area contributed by atoms with Crippen LogP contribution in [0, 0.1) is 0 Å². The highest BCUT2D eigenvalue weighted by Gasteiger charge is 2.46. The van der Waals surface area contributed by atoms with E-state index in [1.165, 1.54) is 13.2 Å². The molecule has 3 aliphatic rings. The van der Waals surface area contributed by atoms with Crippen molar-refractivity contribution in [2.24, 2.45) is 0 Å². The molecule has 4 heterocycles. The molecule has 1 saturated heterocycles. The Balaban J connectivity index is 1.47. The average molecular weight is 572 g/mol. The van der Waals surface area contributed by atoms with Gasteiger partial charge in [0.15, 0.2) is 5.69 Å². The van der Waals surface area contributed by atoms with Gasteiger partial charge < -0.3 is 23.8 Å². The highest BCUT2D eigenvalue weighted by atomic mass is 32.2. The number of benzene rings is 3. The predicted octanol–water partition coefficient (Wildman–Crippen LogP) is 4.13. The minimum Gasteiger partial charge on any atom is -0.451 e. The van der Waals surface area contributed by atoms with E-state index in [0.29, 0.717) is 13.2 Å². The molecule has 3 aromatic carbocycles. The number of carbonyl (C=O) groups is 2. The van der Waals surface area contributed by atoms with Crippen LogP contribution in [0.3, 0.4) is 0 Å². The number of hydrogen-bond acceptors (Lipinski definition) is 9. The van der Waals surface area contributed by atoms with E-state index in [9.17, 15) is 14.4 Å². The van der Waals surface area contributed by atoms with Crippen LogP contribution in [0.25, 0.3) is 10.8 Å². The molecule has 2 atom stereocenters. The first kappa shape index (κ1) is 25.5. The molecule has 1 aromatic heterocycles. The number of morpholine rings is 1. The van der Waals surface area contributed by atoms with Crippen molar-refractivity contribution in [3.05, 3.63) is 100.0 Å². The van der Waals surface area contributed by atoms with E-state index in [0.717, 1.165) is 31.7 Å². The first-order valence-electron chi connectivity index (χ1n) is 13.1. The van der Waals surface area contributed by atoms with Crippen LogP contribution in [0.15, 0.2) is 87.5 Å². The molecule has 0 unspecified atom stereocenters.